The Morgan fingerprint density at radius 3 is 2.58 bits per heavy atom. The van der Waals surface area contributed by atoms with Crippen LogP contribution in [0.3, 0.4) is 0 Å². The summed E-state index contributed by atoms with van der Waals surface area (Å²) in [6.45, 7) is 0.0204. The van der Waals surface area contributed by atoms with Crippen LogP contribution in [-0.2, 0) is 22.9 Å². The third-order valence-corrected chi connectivity index (χ3v) is 7.22. The molecule has 4 rings (SSSR count). The molecule has 0 unspecified atom stereocenters. The van der Waals surface area contributed by atoms with Crippen molar-refractivity contribution in [3.8, 4) is 6.07 Å². The Kier molecular flexibility index (Phi) is 6.11. The molecule has 0 spiro atoms. The van der Waals surface area contributed by atoms with Gasteiger partial charge in [0.1, 0.15) is 11.9 Å². The van der Waals surface area contributed by atoms with Crippen molar-refractivity contribution in [3.05, 3.63) is 77.7 Å². The molecule has 1 aliphatic rings. The summed E-state index contributed by atoms with van der Waals surface area (Å²) in [4.78, 5) is 4.37. The maximum atomic E-state index is 13.2. The largest absolute Gasteiger partial charge is 0.338 e. The smallest absolute Gasteiger partial charge is 0.245 e. The molecular formula is C22H21FN4O3S. The van der Waals surface area contributed by atoms with Crippen LogP contribution in [0.15, 0.2) is 64.0 Å². The number of sulfonamides is 1. The minimum atomic E-state index is -3.95. The molecule has 0 bridgehead atoms. The summed E-state index contributed by atoms with van der Waals surface area (Å²) in [5.74, 6) is -0.332. The standard InChI is InChI=1S/C22H21FN4O3S/c23-18-9-11-19(12-10-18)31(28,29)27-15-17(14-24)13-20(27)22-25-21(26-30-22)8-4-7-16-5-2-1-3-6-16/h1-3,5-6,9-12,17,20H,4,7-8,13,15H2/t17-,20+/m1/s1. The number of nitrogens with zero attached hydrogens (tertiary/aromatic N) is 4. The van der Waals surface area contributed by atoms with E-state index in [0.29, 0.717) is 12.2 Å². The van der Waals surface area contributed by atoms with Crippen LogP contribution in [-0.4, -0.2) is 29.4 Å². The zero-order valence-electron chi connectivity index (χ0n) is 16.7. The van der Waals surface area contributed by atoms with Gasteiger partial charge in [0, 0.05) is 13.0 Å². The maximum Gasteiger partial charge on any atom is 0.245 e. The van der Waals surface area contributed by atoms with Gasteiger partial charge in [-0.1, -0.05) is 35.5 Å². The van der Waals surface area contributed by atoms with Crippen molar-refractivity contribution in [2.75, 3.05) is 6.54 Å². The van der Waals surface area contributed by atoms with Gasteiger partial charge in [-0.2, -0.15) is 14.6 Å². The van der Waals surface area contributed by atoms with Gasteiger partial charge in [-0.05, 0) is 49.1 Å². The lowest BCUT2D eigenvalue weighted by molar-refractivity contribution is 0.289. The second-order valence-corrected chi connectivity index (χ2v) is 9.38. The van der Waals surface area contributed by atoms with Crippen molar-refractivity contribution in [2.24, 2.45) is 5.92 Å². The highest BCUT2D eigenvalue weighted by Crippen LogP contribution is 2.38. The Balaban J connectivity index is 1.50. The fourth-order valence-corrected chi connectivity index (χ4v) is 5.37. The van der Waals surface area contributed by atoms with Crippen molar-refractivity contribution in [2.45, 2.75) is 36.6 Å². The second-order valence-electron chi connectivity index (χ2n) is 7.49. The molecule has 0 aliphatic carbocycles. The van der Waals surface area contributed by atoms with E-state index >= 15 is 0 Å². The van der Waals surface area contributed by atoms with E-state index in [0.717, 1.165) is 25.0 Å². The third kappa shape index (κ3) is 4.65. The van der Waals surface area contributed by atoms with Gasteiger partial charge in [0.25, 0.3) is 0 Å². The predicted octanol–water partition coefficient (Wildman–Crippen LogP) is 3.66. The Bertz CT molecular complexity index is 1170. The van der Waals surface area contributed by atoms with Gasteiger partial charge in [-0.15, -0.1) is 0 Å². The minimum Gasteiger partial charge on any atom is -0.338 e. The summed E-state index contributed by atoms with van der Waals surface area (Å²) >= 11 is 0. The molecule has 1 aromatic heterocycles. The molecule has 1 fully saturated rings. The highest BCUT2D eigenvalue weighted by Gasteiger charge is 2.44. The average molecular weight is 441 g/mol. The van der Waals surface area contributed by atoms with Crippen LogP contribution in [0.25, 0.3) is 0 Å². The highest BCUT2D eigenvalue weighted by molar-refractivity contribution is 7.89. The van der Waals surface area contributed by atoms with Crippen LogP contribution in [0.5, 0.6) is 0 Å². The van der Waals surface area contributed by atoms with E-state index in [9.17, 15) is 18.1 Å². The summed E-state index contributed by atoms with van der Waals surface area (Å²) in [7, 11) is -3.95. The zero-order chi connectivity index (χ0) is 21.8. The van der Waals surface area contributed by atoms with Crippen molar-refractivity contribution in [1.29, 1.82) is 5.26 Å². The quantitative estimate of drug-likeness (QED) is 0.556. The van der Waals surface area contributed by atoms with E-state index in [-0.39, 0.29) is 23.8 Å². The van der Waals surface area contributed by atoms with Crippen LogP contribution < -0.4 is 0 Å². The third-order valence-electron chi connectivity index (χ3n) is 5.34. The molecule has 1 aliphatic heterocycles. The van der Waals surface area contributed by atoms with Crippen molar-refractivity contribution < 1.29 is 17.3 Å². The lowest BCUT2D eigenvalue weighted by Gasteiger charge is -2.21. The number of rotatable bonds is 7. The normalized spacial score (nSPS) is 19.4. The molecule has 0 radical (unpaired) electrons. The van der Waals surface area contributed by atoms with Gasteiger partial charge in [0.15, 0.2) is 5.82 Å². The van der Waals surface area contributed by atoms with Gasteiger partial charge in [0.2, 0.25) is 15.9 Å². The zero-order valence-corrected chi connectivity index (χ0v) is 17.5. The lowest BCUT2D eigenvalue weighted by Crippen LogP contribution is -2.31. The molecule has 160 valence electrons. The molecule has 1 saturated heterocycles. The van der Waals surface area contributed by atoms with Crippen LogP contribution in [0.2, 0.25) is 0 Å². The molecule has 7 nitrogen and oxygen atoms in total. The number of aryl methyl sites for hydroxylation is 2. The van der Waals surface area contributed by atoms with Gasteiger partial charge in [-0.25, -0.2) is 12.8 Å². The van der Waals surface area contributed by atoms with Gasteiger partial charge < -0.3 is 4.52 Å². The molecule has 0 amide bonds. The van der Waals surface area contributed by atoms with Gasteiger partial charge in [-0.3, -0.25) is 0 Å². The van der Waals surface area contributed by atoms with Crippen molar-refractivity contribution >= 4 is 10.0 Å². The first kappa shape index (κ1) is 21.2. The predicted molar refractivity (Wildman–Crippen MR) is 110 cm³/mol. The van der Waals surface area contributed by atoms with E-state index < -0.39 is 27.8 Å². The number of aromatic nitrogens is 2. The first-order valence-corrected chi connectivity index (χ1v) is 11.4. The number of hydrogen-bond acceptors (Lipinski definition) is 6. The first-order valence-electron chi connectivity index (χ1n) is 10.0. The summed E-state index contributed by atoms with van der Waals surface area (Å²) in [5, 5.41) is 13.4. The maximum absolute atomic E-state index is 13.2. The number of hydrogen-bond donors (Lipinski definition) is 0. The average Bonchev–Trinajstić information content (AvgIpc) is 3.42. The SMILES string of the molecule is N#C[C@H]1C[C@@H](c2nc(CCCc3ccccc3)no2)N(S(=O)(=O)c2ccc(F)cc2)C1. The lowest BCUT2D eigenvalue weighted by atomic mass is 10.1. The van der Waals surface area contributed by atoms with Gasteiger partial charge in [0.05, 0.1) is 16.9 Å². The Morgan fingerprint density at radius 1 is 1.13 bits per heavy atom. The molecule has 2 aromatic carbocycles. The van der Waals surface area contributed by atoms with Crippen LogP contribution in [0.1, 0.15) is 36.2 Å². The monoisotopic (exact) mass is 440 g/mol. The van der Waals surface area contributed by atoms with Gasteiger partial charge >= 0.3 is 0 Å². The molecule has 9 heteroatoms. The Morgan fingerprint density at radius 2 is 1.87 bits per heavy atom. The molecule has 31 heavy (non-hydrogen) atoms. The summed E-state index contributed by atoms with van der Waals surface area (Å²) in [6.07, 6.45) is 2.56. The molecule has 2 heterocycles. The summed E-state index contributed by atoms with van der Waals surface area (Å²) in [6, 6.07) is 16.1. The molecule has 0 saturated carbocycles. The highest BCUT2D eigenvalue weighted by atomic mass is 32.2. The second kappa shape index (κ2) is 8.96. The number of benzene rings is 2. The number of nitriles is 1. The van der Waals surface area contributed by atoms with Crippen molar-refractivity contribution in [3.63, 3.8) is 0 Å². The molecular weight excluding hydrogens is 419 g/mol. The summed E-state index contributed by atoms with van der Waals surface area (Å²) in [5.41, 5.74) is 1.22. The number of halogens is 1. The first-order chi connectivity index (χ1) is 15.0. The minimum absolute atomic E-state index is 0.0204. The topological polar surface area (TPSA) is 100 Å². The van der Waals surface area contributed by atoms with E-state index in [1.165, 1.54) is 22.0 Å². The van der Waals surface area contributed by atoms with E-state index in [2.05, 4.69) is 28.3 Å². The molecule has 0 N–H and O–H groups in total. The fourth-order valence-electron chi connectivity index (χ4n) is 3.73. The van der Waals surface area contributed by atoms with E-state index in [4.69, 9.17) is 4.52 Å². The van der Waals surface area contributed by atoms with Crippen LogP contribution >= 0.6 is 0 Å². The van der Waals surface area contributed by atoms with E-state index in [1.807, 2.05) is 18.2 Å². The molecule has 3 aromatic rings. The van der Waals surface area contributed by atoms with E-state index in [1.54, 1.807) is 0 Å². The molecule has 2 atom stereocenters. The Hall–Kier alpha value is -3.09. The van der Waals surface area contributed by atoms with Crippen LogP contribution in [0.4, 0.5) is 4.39 Å². The van der Waals surface area contributed by atoms with Crippen molar-refractivity contribution in [1.82, 2.24) is 14.4 Å². The van der Waals surface area contributed by atoms with Crippen LogP contribution in [0, 0.1) is 23.1 Å². The fraction of sp³-hybridized carbons (Fsp3) is 0.318. The summed E-state index contributed by atoms with van der Waals surface area (Å²) < 4.78 is 46.1. The Labute approximate surface area is 180 Å².